The molecule has 8 aromatic rings. The number of hydrogen-bond donors (Lipinski definition) is 4. The molecule has 4 aromatic heterocycles. The smallest absolute Gasteiger partial charge is 0.423 e. The Kier molecular flexibility index (Phi) is 14.7. The lowest BCUT2D eigenvalue weighted by molar-refractivity contribution is 0.0955. The molecule has 344 valence electrons. The summed E-state index contributed by atoms with van der Waals surface area (Å²) in [6.45, 7) is 0. The van der Waals surface area contributed by atoms with Crippen LogP contribution in [-0.4, -0.2) is 86.2 Å². The lowest BCUT2D eigenvalue weighted by atomic mass is 9.80. The van der Waals surface area contributed by atoms with Gasteiger partial charge in [-0.25, -0.2) is 9.03 Å². The third-order valence-electron chi connectivity index (χ3n) is 11.3. The summed E-state index contributed by atoms with van der Waals surface area (Å²) < 4.78 is 4.37. The number of rotatable bonds is 10. The summed E-state index contributed by atoms with van der Waals surface area (Å²) >= 11 is 15.5. The van der Waals surface area contributed by atoms with Crippen molar-refractivity contribution < 1.29 is 29.2 Å². The Balaban J connectivity index is 0.000000151. The number of hydrogen-bond acceptors (Lipinski definition) is 8. The Morgan fingerprint density at radius 2 is 1.03 bits per heavy atom. The molecule has 0 radical (unpaired) electrons. The molecule has 4 amide bonds. The zero-order chi connectivity index (χ0) is 48.1. The first-order chi connectivity index (χ1) is 32.8. The topological polar surface area (TPSA) is 174 Å². The Hall–Kier alpha value is -6.82. The fourth-order valence-electron chi connectivity index (χ4n) is 7.45. The van der Waals surface area contributed by atoms with E-state index in [9.17, 15) is 19.2 Å². The fraction of sp³-hybridized carbons (Fsp3) is 0.160. The van der Waals surface area contributed by atoms with Gasteiger partial charge in [0.25, 0.3) is 23.6 Å². The van der Waals surface area contributed by atoms with Gasteiger partial charge in [-0.05, 0) is 150 Å². The first kappa shape index (κ1) is 47.7. The molecule has 2 aliphatic carbocycles. The van der Waals surface area contributed by atoms with Crippen LogP contribution < -0.4 is 25.9 Å². The van der Waals surface area contributed by atoms with E-state index in [1.165, 1.54) is 31.3 Å². The normalized spacial score (nSPS) is 12.8. The van der Waals surface area contributed by atoms with Gasteiger partial charge in [0, 0.05) is 87.8 Å². The van der Waals surface area contributed by atoms with Crippen LogP contribution in [0.5, 0.6) is 0 Å². The van der Waals surface area contributed by atoms with Crippen LogP contribution in [0.1, 0.15) is 67.1 Å². The van der Waals surface area contributed by atoms with Crippen LogP contribution in [0.2, 0.25) is 10.0 Å². The van der Waals surface area contributed by atoms with Crippen LogP contribution in [0.15, 0.2) is 151 Å². The van der Waals surface area contributed by atoms with Gasteiger partial charge in [-0.15, -0.1) is 0 Å². The van der Waals surface area contributed by atoms with Crippen molar-refractivity contribution in [1.29, 1.82) is 0 Å². The highest BCUT2D eigenvalue weighted by Gasteiger charge is 2.35. The SMILES string of the molecule is CNC(=O)c1ccc(-c2cnn3ccc(C(=O)N(c4ccc(Cl)cc4)C4CC4)cc23)cc1.CNC(=O)c1ccc(B(O)O)cc1.O=C(c1ccn2ncc(Br)c2c1)N(c1ccc(Cl)cc1)C1CC1. The van der Waals surface area contributed by atoms with Crippen molar-refractivity contribution in [3.63, 3.8) is 0 Å². The van der Waals surface area contributed by atoms with Crippen molar-refractivity contribution in [2.45, 2.75) is 37.8 Å². The highest BCUT2D eigenvalue weighted by molar-refractivity contribution is 9.10. The quantitative estimate of drug-likeness (QED) is 0.0995. The number of nitrogens with zero attached hydrogens (tertiary/aromatic N) is 6. The molecule has 2 saturated carbocycles. The van der Waals surface area contributed by atoms with Gasteiger partial charge in [0.15, 0.2) is 0 Å². The lowest BCUT2D eigenvalue weighted by Crippen LogP contribution is -2.33. The summed E-state index contributed by atoms with van der Waals surface area (Å²) in [5, 5.41) is 32.6. The largest absolute Gasteiger partial charge is 0.488 e. The number of anilines is 2. The molecule has 10 rings (SSSR count). The second-order valence-corrected chi connectivity index (χ2v) is 17.8. The number of halogens is 3. The molecule has 4 N–H and O–H groups in total. The number of benzene rings is 4. The summed E-state index contributed by atoms with van der Waals surface area (Å²) in [4.78, 5) is 53.1. The molecule has 4 aromatic carbocycles. The minimum absolute atomic E-state index is 0.00502. The highest BCUT2D eigenvalue weighted by atomic mass is 79.9. The molecular weight excluding hydrogens is 970 g/mol. The molecule has 0 bridgehead atoms. The molecule has 14 nitrogen and oxygen atoms in total. The molecule has 0 unspecified atom stereocenters. The van der Waals surface area contributed by atoms with Crippen LogP contribution >= 0.6 is 39.1 Å². The maximum absolute atomic E-state index is 13.5. The zero-order valence-electron chi connectivity index (χ0n) is 36.8. The lowest BCUT2D eigenvalue weighted by Gasteiger charge is -2.23. The van der Waals surface area contributed by atoms with E-state index in [4.69, 9.17) is 33.2 Å². The fourth-order valence-corrected chi connectivity index (χ4v) is 8.09. The molecule has 0 spiro atoms. The van der Waals surface area contributed by atoms with Crippen molar-refractivity contribution in [3.8, 4) is 11.1 Å². The Labute approximate surface area is 410 Å². The molecule has 0 atom stereocenters. The van der Waals surface area contributed by atoms with Crippen LogP contribution in [-0.2, 0) is 0 Å². The maximum Gasteiger partial charge on any atom is 0.488 e. The van der Waals surface area contributed by atoms with E-state index in [-0.39, 0.29) is 35.7 Å². The molecule has 68 heavy (non-hydrogen) atoms. The molecule has 0 saturated heterocycles. The van der Waals surface area contributed by atoms with E-state index in [1.54, 1.807) is 77.3 Å². The number of fused-ring (bicyclic) bond motifs is 2. The number of nitrogens with one attached hydrogen (secondary N) is 2. The van der Waals surface area contributed by atoms with E-state index >= 15 is 0 Å². The van der Waals surface area contributed by atoms with Crippen molar-refractivity contribution in [1.82, 2.24) is 29.9 Å². The van der Waals surface area contributed by atoms with Crippen molar-refractivity contribution in [2.75, 3.05) is 23.9 Å². The van der Waals surface area contributed by atoms with E-state index in [1.807, 2.05) is 70.5 Å². The summed E-state index contributed by atoms with van der Waals surface area (Å²) in [5.74, 6) is -0.365. The monoisotopic (exact) mass is 1010 g/mol. The van der Waals surface area contributed by atoms with E-state index in [0.29, 0.717) is 37.8 Å². The van der Waals surface area contributed by atoms with Gasteiger partial charge < -0.3 is 30.5 Å². The average molecular weight is 1010 g/mol. The average Bonchev–Trinajstić information content (AvgIpc) is 4.31. The Morgan fingerprint density at radius 3 is 1.47 bits per heavy atom. The summed E-state index contributed by atoms with van der Waals surface area (Å²) in [6, 6.07) is 36.0. The summed E-state index contributed by atoms with van der Waals surface area (Å²) in [5.41, 5.74) is 7.96. The van der Waals surface area contributed by atoms with E-state index < -0.39 is 7.12 Å². The highest BCUT2D eigenvalue weighted by Crippen LogP contribution is 2.36. The van der Waals surface area contributed by atoms with Gasteiger partial charge in [0.1, 0.15) is 0 Å². The number of carbonyl (C=O) groups excluding carboxylic acids is 4. The van der Waals surface area contributed by atoms with Gasteiger partial charge in [-0.1, -0.05) is 47.5 Å². The van der Waals surface area contributed by atoms with Crippen molar-refractivity contribution in [2.24, 2.45) is 0 Å². The zero-order valence-corrected chi connectivity index (χ0v) is 39.9. The standard InChI is InChI=1S/C25H21ClN4O2.C17H13BrClN3O.C8H10BNO3/c1-27-24(31)17-4-2-16(3-5-17)22-15-28-29-13-12-18(14-23(22)29)25(32)30(21-10-11-21)20-8-6-19(26)7-9-20;18-15-10-20-21-8-7-11(9-16(15)21)17(23)22(14-5-6-14)13-3-1-12(19)2-4-13;1-10-8(11)6-2-4-7(5-3-6)9(12)13/h2-9,12-15,21H,10-11H2,1H3,(H,27,31);1-4,7-10,14H,5-6H2;2-5,12-13H,1H3,(H,10,11). The number of carbonyl (C=O) groups is 4. The summed E-state index contributed by atoms with van der Waals surface area (Å²) in [6.07, 6.45) is 11.2. The van der Waals surface area contributed by atoms with Crippen molar-refractivity contribution >= 4 is 97.7 Å². The molecule has 2 fully saturated rings. The van der Waals surface area contributed by atoms with Crippen LogP contribution in [0.3, 0.4) is 0 Å². The molecule has 18 heteroatoms. The Morgan fingerprint density at radius 1 is 0.603 bits per heavy atom. The first-order valence-electron chi connectivity index (χ1n) is 21.6. The van der Waals surface area contributed by atoms with E-state index in [0.717, 1.165) is 63.7 Å². The van der Waals surface area contributed by atoms with Gasteiger partial charge in [0.2, 0.25) is 0 Å². The number of aromatic nitrogens is 4. The molecule has 4 heterocycles. The van der Waals surface area contributed by atoms with Gasteiger partial charge >= 0.3 is 7.12 Å². The predicted octanol–water partition coefficient (Wildman–Crippen LogP) is 8.11. The van der Waals surface area contributed by atoms with Crippen LogP contribution in [0.25, 0.3) is 22.2 Å². The number of pyridine rings is 2. The Bertz CT molecular complexity index is 3110. The second-order valence-electron chi connectivity index (χ2n) is 16.0. The molecule has 0 aliphatic heterocycles. The first-order valence-corrected chi connectivity index (χ1v) is 23.2. The van der Waals surface area contributed by atoms with E-state index in [2.05, 4.69) is 36.8 Å². The summed E-state index contributed by atoms with van der Waals surface area (Å²) in [7, 11) is 1.66. The minimum atomic E-state index is -1.49. The molecular formula is C50H44BBrCl2N8O6. The minimum Gasteiger partial charge on any atom is -0.423 e. The predicted molar refractivity (Wildman–Crippen MR) is 269 cm³/mol. The third kappa shape index (κ3) is 11.0. The van der Waals surface area contributed by atoms with Gasteiger partial charge in [-0.3, -0.25) is 19.2 Å². The van der Waals surface area contributed by atoms with Gasteiger partial charge in [0.05, 0.1) is 27.9 Å². The number of amides is 4. The molecule has 2 aliphatic rings. The van der Waals surface area contributed by atoms with Crippen LogP contribution in [0.4, 0.5) is 11.4 Å². The van der Waals surface area contributed by atoms with Crippen molar-refractivity contribution in [3.05, 3.63) is 183 Å². The van der Waals surface area contributed by atoms with Crippen LogP contribution in [0, 0.1) is 0 Å². The second kappa shape index (κ2) is 21.0. The van der Waals surface area contributed by atoms with Gasteiger partial charge in [-0.2, -0.15) is 10.2 Å². The maximum atomic E-state index is 13.5. The third-order valence-corrected chi connectivity index (χ3v) is 12.5.